The van der Waals surface area contributed by atoms with E-state index in [0.29, 0.717) is 23.2 Å². The van der Waals surface area contributed by atoms with E-state index in [9.17, 15) is 19.1 Å². The van der Waals surface area contributed by atoms with Gasteiger partial charge in [0.25, 0.3) is 5.91 Å². The molecule has 3 heterocycles. The first kappa shape index (κ1) is 36.3. The van der Waals surface area contributed by atoms with Crippen molar-refractivity contribution >= 4 is 23.7 Å². The Balaban J connectivity index is 1.08. The van der Waals surface area contributed by atoms with E-state index < -0.39 is 36.2 Å². The van der Waals surface area contributed by atoms with Crippen LogP contribution in [0.2, 0.25) is 0 Å². The molecule has 2 unspecified atom stereocenters. The number of likely N-dealkylation sites (tertiary alicyclic amines) is 1. The van der Waals surface area contributed by atoms with Crippen LogP contribution >= 0.6 is 0 Å². The zero-order valence-electron chi connectivity index (χ0n) is 30.1. The van der Waals surface area contributed by atoms with Gasteiger partial charge in [-0.3, -0.25) is 4.79 Å². The molecule has 2 aliphatic heterocycles. The van der Waals surface area contributed by atoms with E-state index in [0.717, 1.165) is 56.6 Å². The molecule has 3 aromatic rings. The Hall–Kier alpha value is -5.11. The Morgan fingerprint density at radius 1 is 1.21 bits per heavy atom. The second-order valence-electron chi connectivity index (χ2n) is 14.2. The van der Waals surface area contributed by atoms with Crippen molar-refractivity contribution in [2.24, 2.45) is 11.7 Å². The summed E-state index contributed by atoms with van der Waals surface area (Å²) in [6.45, 7) is 6.87. The summed E-state index contributed by atoms with van der Waals surface area (Å²) in [6, 6.07) is 10.4. The zero-order valence-corrected chi connectivity index (χ0v) is 30.1. The summed E-state index contributed by atoms with van der Waals surface area (Å²) in [5.41, 5.74) is 11.9. The van der Waals surface area contributed by atoms with Gasteiger partial charge >= 0.3 is 12.1 Å². The third-order valence-electron chi connectivity index (χ3n) is 10.5. The number of dihydropyridines is 1. The summed E-state index contributed by atoms with van der Waals surface area (Å²) in [7, 11) is 0. The third kappa shape index (κ3) is 7.55. The third-order valence-corrected chi connectivity index (χ3v) is 10.5. The zero-order chi connectivity index (χ0) is 37.1. The number of carbonyl (C=O) groups is 2. The number of aromatic nitrogens is 2. The smallest absolute Gasteiger partial charge is 0.420 e. The molecule has 0 saturated carbocycles. The summed E-state index contributed by atoms with van der Waals surface area (Å²) < 4.78 is 26.3. The summed E-state index contributed by atoms with van der Waals surface area (Å²) in [5.74, 6) is -1.02. The average Bonchev–Trinajstić information content (AvgIpc) is 3.63. The number of hydrogen-bond acceptors (Lipinski definition) is 10. The first-order valence-electron chi connectivity index (χ1n) is 18.3. The van der Waals surface area contributed by atoms with E-state index in [-0.39, 0.29) is 29.9 Å². The maximum absolute atomic E-state index is 14.2. The van der Waals surface area contributed by atoms with Gasteiger partial charge in [0.1, 0.15) is 5.82 Å². The van der Waals surface area contributed by atoms with Crippen LogP contribution in [0, 0.1) is 11.7 Å². The lowest BCUT2D eigenvalue weighted by molar-refractivity contribution is 0.102. The second kappa shape index (κ2) is 15.5. The van der Waals surface area contributed by atoms with Crippen LogP contribution in [-0.4, -0.2) is 70.2 Å². The Bertz CT molecular complexity index is 2000. The molecule has 13 heteroatoms. The predicted molar refractivity (Wildman–Crippen MR) is 199 cm³/mol. The van der Waals surface area contributed by atoms with Crippen molar-refractivity contribution in [3.8, 4) is 11.5 Å². The molecule has 1 saturated heterocycles. The molecule has 12 nitrogen and oxygen atoms in total. The van der Waals surface area contributed by atoms with Crippen LogP contribution in [0.15, 0.2) is 93.6 Å². The molecule has 0 radical (unpaired) electrons. The van der Waals surface area contributed by atoms with Gasteiger partial charge in [-0.2, -0.15) is 0 Å². The van der Waals surface area contributed by atoms with E-state index in [4.69, 9.17) is 14.9 Å². The van der Waals surface area contributed by atoms with Crippen LogP contribution in [0.4, 0.5) is 20.9 Å². The van der Waals surface area contributed by atoms with Gasteiger partial charge in [-0.1, -0.05) is 47.5 Å². The van der Waals surface area contributed by atoms with Crippen molar-refractivity contribution in [2.45, 2.75) is 70.7 Å². The quantitative estimate of drug-likeness (QED) is 0.178. The number of fused-ring (bicyclic) bond motifs is 3. The lowest BCUT2D eigenvalue weighted by Crippen LogP contribution is -2.53. The van der Waals surface area contributed by atoms with Crippen LogP contribution in [0.25, 0.3) is 11.5 Å². The SMILES string of the molecule is C/C=C1\[C@@H]2C=C(C)CC1(N)C1=C(C2)NC(OC(=O)N(CCCN2CCCCC2)c2nnc(-c3ccc(NC(=O)c4ccccc4F)cc3CO)o2)C=C1. The number of amides is 2. The minimum atomic E-state index is -0.733. The van der Waals surface area contributed by atoms with Crippen molar-refractivity contribution in [3.63, 3.8) is 0 Å². The Kier molecular flexibility index (Phi) is 10.6. The predicted octanol–water partition coefficient (Wildman–Crippen LogP) is 6.19. The molecule has 53 heavy (non-hydrogen) atoms. The van der Waals surface area contributed by atoms with Crippen molar-refractivity contribution < 1.29 is 28.2 Å². The number of hydrogen-bond donors (Lipinski definition) is 4. The number of allylic oxidation sites excluding steroid dienone is 3. The van der Waals surface area contributed by atoms with Crippen molar-refractivity contribution in [1.82, 2.24) is 20.4 Å². The van der Waals surface area contributed by atoms with Gasteiger partial charge in [0, 0.05) is 29.4 Å². The Labute approximate surface area is 308 Å². The highest BCUT2D eigenvalue weighted by Crippen LogP contribution is 2.48. The number of anilines is 2. The van der Waals surface area contributed by atoms with Gasteiger partial charge in [0.15, 0.2) is 6.23 Å². The monoisotopic (exact) mass is 723 g/mol. The van der Waals surface area contributed by atoms with Gasteiger partial charge in [-0.05, 0) is 119 Å². The lowest BCUT2D eigenvalue weighted by atomic mass is 9.63. The van der Waals surface area contributed by atoms with E-state index in [2.05, 4.69) is 44.8 Å². The molecule has 2 bridgehead atoms. The summed E-state index contributed by atoms with van der Waals surface area (Å²) >= 11 is 0. The number of piperidine rings is 1. The molecule has 3 atom stereocenters. The van der Waals surface area contributed by atoms with E-state index in [1.165, 1.54) is 40.7 Å². The van der Waals surface area contributed by atoms with Crippen molar-refractivity contribution in [2.75, 3.05) is 36.4 Å². The average molecular weight is 724 g/mol. The number of nitrogens with two attached hydrogens (primary N) is 1. The van der Waals surface area contributed by atoms with Gasteiger partial charge < -0.3 is 35.5 Å². The molecule has 7 rings (SSSR count). The molecule has 1 aromatic heterocycles. The van der Waals surface area contributed by atoms with Gasteiger partial charge in [0.05, 0.1) is 17.7 Å². The standard InChI is InChI=1S/C40H46FN7O5/c1-3-31-26-20-25(2)23-40(31,42)32-14-15-35(44-34(32)22-26)52-39(51)48(19-9-18-47-16-7-4-8-17-47)38-46-45-37(53-38)29-13-12-28(21-27(29)24-49)43-36(50)30-10-5-6-11-33(30)41/h3,5-6,10-15,20-21,26,35,44,49H,4,7-9,16-19,22-24,42H2,1-2H3,(H,43,50)/b31-3+/t26-,35?,40?/m1/s1. The van der Waals surface area contributed by atoms with Gasteiger partial charge in [-0.15, -0.1) is 5.10 Å². The van der Waals surface area contributed by atoms with Crippen molar-refractivity contribution in [3.05, 3.63) is 106 Å². The second-order valence-corrected chi connectivity index (χ2v) is 14.2. The summed E-state index contributed by atoms with van der Waals surface area (Å²) in [5, 5.41) is 24.8. The van der Waals surface area contributed by atoms with Crippen LogP contribution in [-0.2, 0) is 11.3 Å². The number of carbonyl (C=O) groups excluding carboxylic acids is 2. The minimum Gasteiger partial charge on any atom is -0.421 e. The number of halogens is 1. The molecular weight excluding hydrogens is 677 g/mol. The van der Waals surface area contributed by atoms with E-state index in [1.54, 1.807) is 24.3 Å². The number of rotatable bonds is 10. The highest BCUT2D eigenvalue weighted by atomic mass is 19.1. The van der Waals surface area contributed by atoms with Crippen LogP contribution in [0.5, 0.6) is 0 Å². The number of nitrogens with one attached hydrogen (secondary N) is 2. The van der Waals surface area contributed by atoms with Gasteiger partial charge in [0.2, 0.25) is 5.89 Å². The fraction of sp³-hybridized carbons (Fsp3) is 0.400. The van der Waals surface area contributed by atoms with Gasteiger partial charge in [-0.25, -0.2) is 14.1 Å². The highest BCUT2D eigenvalue weighted by Gasteiger charge is 2.45. The fourth-order valence-electron chi connectivity index (χ4n) is 8.07. The molecule has 0 spiro atoms. The molecule has 1 fully saturated rings. The molecule has 2 aromatic carbocycles. The maximum atomic E-state index is 14.2. The molecule has 2 aliphatic carbocycles. The molecule has 278 valence electrons. The Morgan fingerprint density at radius 3 is 2.79 bits per heavy atom. The molecule has 5 N–H and O–H groups in total. The largest absolute Gasteiger partial charge is 0.421 e. The lowest BCUT2D eigenvalue weighted by Gasteiger charge is -2.47. The minimum absolute atomic E-state index is 0.0457. The van der Waals surface area contributed by atoms with E-state index in [1.807, 2.05) is 19.1 Å². The van der Waals surface area contributed by atoms with Crippen LogP contribution in [0.1, 0.15) is 68.3 Å². The maximum Gasteiger partial charge on any atom is 0.420 e. The van der Waals surface area contributed by atoms with Crippen LogP contribution in [0.3, 0.4) is 0 Å². The molecule has 4 aliphatic rings. The number of aliphatic hydroxyl groups is 1. The first-order chi connectivity index (χ1) is 25.7. The molecule has 2 amide bonds. The van der Waals surface area contributed by atoms with Crippen molar-refractivity contribution in [1.29, 1.82) is 0 Å². The number of aliphatic hydroxyl groups excluding tert-OH is 1. The number of nitrogens with zero attached hydrogens (tertiary/aromatic N) is 4. The van der Waals surface area contributed by atoms with Crippen LogP contribution < -0.4 is 21.3 Å². The first-order valence-corrected chi connectivity index (χ1v) is 18.3. The highest BCUT2D eigenvalue weighted by molar-refractivity contribution is 6.04. The Morgan fingerprint density at radius 2 is 2.02 bits per heavy atom. The fourth-order valence-corrected chi connectivity index (χ4v) is 8.07. The summed E-state index contributed by atoms with van der Waals surface area (Å²) in [6.07, 6.45) is 12.5. The summed E-state index contributed by atoms with van der Waals surface area (Å²) in [4.78, 5) is 30.4. The van der Waals surface area contributed by atoms with E-state index >= 15 is 0 Å². The number of ether oxygens (including phenoxy) is 1. The number of benzene rings is 2. The molecular formula is C40H46FN7O5. The topological polar surface area (TPSA) is 159 Å². The normalized spacial score (nSPS) is 23.3.